The van der Waals surface area contributed by atoms with Crippen LogP contribution in [0.4, 0.5) is 9.59 Å². The average Bonchev–Trinajstić information content (AvgIpc) is 3.65. The number of imide groups is 2. The molecule has 2 aliphatic heterocycles. The van der Waals surface area contributed by atoms with Gasteiger partial charge in [0.25, 0.3) is 0 Å². The van der Waals surface area contributed by atoms with Crippen molar-refractivity contribution < 1.29 is 33.8 Å². The first-order valence-electron chi connectivity index (χ1n) is 15.4. The molecular weight excluding hydrogens is 655 g/mol. The van der Waals surface area contributed by atoms with Gasteiger partial charge in [-0.05, 0) is 47.2 Å². The topological polar surface area (TPSA) is 113 Å². The number of cyclic esters (lactones) is 2. The summed E-state index contributed by atoms with van der Waals surface area (Å²) in [6, 6.07) is 32.6. The molecule has 3 atom stereocenters. The first-order chi connectivity index (χ1) is 23.3. The summed E-state index contributed by atoms with van der Waals surface area (Å²) in [5, 5.41) is 10.6. The number of rotatable bonds is 9. The minimum absolute atomic E-state index is 0.0834. The third-order valence-corrected chi connectivity index (χ3v) is 8.83. The van der Waals surface area contributed by atoms with Gasteiger partial charge in [-0.3, -0.25) is 9.59 Å². The molecule has 248 valence electrons. The van der Waals surface area contributed by atoms with Crippen LogP contribution in [0.25, 0.3) is 0 Å². The molecule has 4 amide bonds. The predicted octanol–water partition coefficient (Wildman–Crippen LogP) is 6.48. The average molecular weight is 690 g/mol. The van der Waals surface area contributed by atoms with E-state index in [1.807, 2.05) is 66.7 Å². The minimum Gasteiger partial charge on any atom is -0.447 e. The van der Waals surface area contributed by atoms with E-state index in [9.17, 15) is 24.3 Å². The van der Waals surface area contributed by atoms with Crippen molar-refractivity contribution in [3.05, 3.63) is 141 Å². The van der Waals surface area contributed by atoms with Gasteiger partial charge in [0, 0.05) is 10.0 Å². The van der Waals surface area contributed by atoms with E-state index in [0.29, 0.717) is 34.0 Å². The Morgan fingerprint density at radius 3 is 1.71 bits per heavy atom. The molecule has 6 rings (SSSR count). The van der Waals surface area contributed by atoms with E-state index in [1.165, 1.54) is 4.90 Å². The number of amides is 4. The maximum absolute atomic E-state index is 12.9. The smallest absolute Gasteiger partial charge is 0.417 e. The lowest BCUT2D eigenvalue weighted by molar-refractivity contribution is -0.131. The number of aliphatic hydroxyl groups excluding tert-OH is 1. The quantitative estimate of drug-likeness (QED) is 0.214. The molecule has 1 N–H and O–H groups in total. The zero-order valence-corrected chi connectivity index (χ0v) is 27.4. The van der Waals surface area contributed by atoms with Crippen molar-refractivity contribution in [2.24, 2.45) is 0 Å². The van der Waals surface area contributed by atoms with Crippen molar-refractivity contribution in [2.75, 3.05) is 19.8 Å². The van der Waals surface area contributed by atoms with Gasteiger partial charge in [0.15, 0.2) is 0 Å². The lowest BCUT2D eigenvalue weighted by Gasteiger charge is -2.24. The normalized spacial score (nSPS) is 17.6. The number of nitrogens with zero attached hydrogens (tertiary/aromatic N) is 2. The maximum atomic E-state index is 12.9. The fraction of sp³-hybridized carbons (Fsp3) is 0.243. The number of aliphatic hydroxyl groups is 1. The Balaban J connectivity index is 0.000000188. The standard InChI is InChI=1S/C19H18ClNO4.C18H16ClNO3/c20-17-9-5-4-8-15(17)16(11-22)18(23)21-14(12-25-19(21)24)10-13-6-2-1-3-7-13;19-16-9-5-4-8-14(16)11-17(21)20-15(12-23-18(20)22)10-13-6-2-1-3-7-13/h1-9,14,16,22H,10-12H2;1-9,15H,10-12H2/t14-,16-;15-/m11/s1. The molecule has 0 aliphatic carbocycles. The highest BCUT2D eigenvalue weighted by Gasteiger charge is 2.41. The highest BCUT2D eigenvalue weighted by molar-refractivity contribution is 6.32. The highest BCUT2D eigenvalue weighted by Crippen LogP contribution is 2.29. The van der Waals surface area contributed by atoms with Gasteiger partial charge >= 0.3 is 12.2 Å². The molecule has 0 radical (unpaired) electrons. The number of benzene rings is 4. The van der Waals surface area contributed by atoms with Gasteiger partial charge in [-0.1, -0.05) is 120 Å². The summed E-state index contributed by atoms with van der Waals surface area (Å²) in [6.07, 6.45) is -0.0979. The zero-order valence-electron chi connectivity index (χ0n) is 25.9. The Kier molecular flexibility index (Phi) is 11.8. The van der Waals surface area contributed by atoms with E-state index in [4.69, 9.17) is 32.7 Å². The molecule has 4 aromatic carbocycles. The van der Waals surface area contributed by atoms with Crippen molar-refractivity contribution in [3.63, 3.8) is 0 Å². The fourth-order valence-corrected chi connectivity index (χ4v) is 6.16. The molecule has 0 bridgehead atoms. The molecule has 2 fully saturated rings. The molecule has 11 heteroatoms. The fourth-order valence-electron chi connectivity index (χ4n) is 5.69. The highest BCUT2D eigenvalue weighted by atomic mass is 35.5. The summed E-state index contributed by atoms with van der Waals surface area (Å²) in [7, 11) is 0. The van der Waals surface area contributed by atoms with Crippen LogP contribution in [-0.4, -0.2) is 70.8 Å². The lowest BCUT2D eigenvalue weighted by Crippen LogP contribution is -2.43. The second-order valence-corrected chi connectivity index (χ2v) is 12.2. The third-order valence-electron chi connectivity index (χ3n) is 8.12. The SMILES string of the molecule is O=C(Cc1ccccc1Cl)N1C(=O)OC[C@H]1Cc1ccccc1.O=C1OC[C@@H](Cc2ccccc2)N1C(=O)[C@H](CO)c1ccccc1Cl. The van der Waals surface area contributed by atoms with Crippen LogP contribution in [0, 0.1) is 0 Å². The van der Waals surface area contributed by atoms with Crippen LogP contribution in [-0.2, 0) is 38.3 Å². The Morgan fingerprint density at radius 1 is 0.688 bits per heavy atom. The predicted molar refractivity (Wildman–Crippen MR) is 181 cm³/mol. The van der Waals surface area contributed by atoms with Crippen LogP contribution in [0.2, 0.25) is 10.0 Å². The molecule has 48 heavy (non-hydrogen) atoms. The van der Waals surface area contributed by atoms with Gasteiger partial charge < -0.3 is 14.6 Å². The molecular formula is C37H34Cl2N2O7. The summed E-state index contributed by atoms with van der Waals surface area (Å²) < 4.78 is 10.2. The zero-order chi connectivity index (χ0) is 34.0. The van der Waals surface area contributed by atoms with Crippen LogP contribution in [0.5, 0.6) is 0 Å². The van der Waals surface area contributed by atoms with Crippen molar-refractivity contribution in [3.8, 4) is 0 Å². The number of hydrogen-bond acceptors (Lipinski definition) is 7. The number of ether oxygens (including phenoxy) is 2. The molecule has 0 spiro atoms. The van der Waals surface area contributed by atoms with Gasteiger partial charge in [0.05, 0.1) is 31.0 Å². The lowest BCUT2D eigenvalue weighted by atomic mass is 9.97. The van der Waals surface area contributed by atoms with Gasteiger partial charge in [-0.15, -0.1) is 0 Å². The van der Waals surface area contributed by atoms with Gasteiger partial charge in [-0.25, -0.2) is 19.4 Å². The van der Waals surface area contributed by atoms with E-state index in [0.717, 1.165) is 16.0 Å². The van der Waals surface area contributed by atoms with E-state index < -0.39 is 36.7 Å². The van der Waals surface area contributed by atoms with E-state index in [2.05, 4.69) is 0 Å². The van der Waals surface area contributed by atoms with E-state index >= 15 is 0 Å². The second-order valence-electron chi connectivity index (χ2n) is 11.3. The van der Waals surface area contributed by atoms with E-state index in [1.54, 1.807) is 42.5 Å². The molecule has 0 saturated carbocycles. The van der Waals surface area contributed by atoms with Crippen molar-refractivity contribution in [1.82, 2.24) is 9.80 Å². The minimum atomic E-state index is -0.905. The van der Waals surface area contributed by atoms with Crippen LogP contribution >= 0.6 is 23.2 Å². The van der Waals surface area contributed by atoms with Crippen LogP contribution in [0.1, 0.15) is 28.2 Å². The molecule has 2 saturated heterocycles. The first kappa shape index (κ1) is 34.6. The summed E-state index contributed by atoms with van der Waals surface area (Å²) in [5.74, 6) is -1.70. The molecule has 0 aromatic heterocycles. The molecule has 9 nitrogen and oxygen atoms in total. The summed E-state index contributed by atoms with van der Waals surface area (Å²) in [6.45, 7) is -0.0769. The number of hydrogen-bond donors (Lipinski definition) is 1. The summed E-state index contributed by atoms with van der Waals surface area (Å²) in [4.78, 5) is 51.9. The van der Waals surface area contributed by atoms with Crippen LogP contribution in [0.3, 0.4) is 0 Å². The van der Waals surface area contributed by atoms with E-state index in [-0.39, 0.29) is 31.6 Å². The first-order valence-corrected chi connectivity index (χ1v) is 16.2. The van der Waals surface area contributed by atoms with Gasteiger partial charge in [0.2, 0.25) is 11.8 Å². The molecule has 2 aliphatic rings. The Bertz CT molecular complexity index is 1740. The summed E-state index contributed by atoms with van der Waals surface area (Å²) >= 11 is 12.2. The molecule has 0 unspecified atom stereocenters. The Morgan fingerprint density at radius 2 is 1.17 bits per heavy atom. The molecule has 4 aromatic rings. The van der Waals surface area contributed by atoms with Crippen LogP contribution < -0.4 is 0 Å². The van der Waals surface area contributed by atoms with Crippen LogP contribution in [0.15, 0.2) is 109 Å². The Hall–Kier alpha value is -4.70. The maximum Gasteiger partial charge on any atom is 0.417 e. The van der Waals surface area contributed by atoms with Crippen molar-refractivity contribution in [2.45, 2.75) is 37.3 Å². The summed E-state index contributed by atoms with van der Waals surface area (Å²) in [5.41, 5.74) is 3.26. The van der Waals surface area contributed by atoms with Crippen molar-refractivity contribution >= 4 is 47.2 Å². The van der Waals surface area contributed by atoms with Gasteiger partial charge in [0.1, 0.15) is 13.2 Å². The number of carbonyl (C=O) groups excluding carboxylic acids is 4. The number of halogens is 2. The third kappa shape index (κ3) is 8.41. The Labute approximate surface area is 288 Å². The number of carbonyl (C=O) groups is 4. The van der Waals surface area contributed by atoms with Crippen molar-refractivity contribution in [1.29, 1.82) is 0 Å². The second kappa shape index (κ2) is 16.4. The largest absolute Gasteiger partial charge is 0.447 e. The molecule has 2 heterocycles. The monoisotopic (exact) mass is 688 g/mol. The van der Waals surface area contributed by atoms with Gasteiger partial charge in [-0.2, -0.15) is 0 Å².